The average Bonchev–Trinajstić information content (AvgIpc) is 2.59. The number of halogens is 1. The van der Waals surface area contributed by atoms with Gasteiger partial charge in [-0.15, -0.1) is 9.35 Å². The van der Waals surface area contributed by atoms with Gasteiger partial charge in [0.2, 0.25) is 0 Å². The fourth-order valence-electron chi connectivity index (χ4n) is 1.46. The van der Waals surface area contributed by atoms with Crippen molar-refractivity contribution in [2.24, 2.45) is 0 Å². The van der Waals surface area contributed by atoms with E-state index >= 15 is 0 Å². The van der Waals surface area contributed by atoms with E-state index in [1.165, 1.54) is 9.35 Å². The van der Waals surface area contributed by atoms with E-state index in [1.54, 1.807) is 19.5 Å². The maximum atomic E-state index is 5.73. The Kier molecular flexibility index (Phi) is 3.63. The highest BCUT2D eigenvalue weighted by molar-refractivity contribution is 5.54. The van der Waals surface area contributed by atoms with Gasteiger partial charge in [-0.1, -0.05) is 0 Å². The lowest BCUT2D eigenvalue weighted by atomic mass is 10.2. The van der Waals surface area contributed by atoms with Gasteiger partial charge in [-0.05, 0) is 24.3 Å². The van der Waals surface area contributed by atoms with Gasteiger partial charge in [0.1, 0.15) is 5.75 Å². The van der Waals surface area contributed by atoms with E-state index in [-0.39, 0.29) is 12.4 Å². The molecule has 0 atom stereocenters. The van der Waals surface area contributed by atoms with Crippen molar-refractivity contribution >= 4 is 0 Å². The third kappa shape index (κ3) is 2.04. The van der Waals surface area contributed by atoms with Crippen molar-refractivity contribution in [2.75, 3.05) is 18.8 Å². The van der Waals surface area contributed by atoms with Gasteiger partial charge >= 0.3 is 5.82 Å². The smallest absolute Gasteiger partial charge is 0.335 e. The number of ether oxygens (including phenoxy) is 1. The molecule has 0 amide bonds. The van der Waals surface area contributed by atoms with Crippen molar-refractivity contribution in [2.45, 2.75) is 0 Å². The van der Waals surface area contributed by atoms with Gasteiger partial charge in [-0.3, -0.25) is 11.7 Å². The molecule has 1 aromatic heterocycles. The van der Waals surface area contributed by atoms with Crippen LogP contribution in [0.1, 0.15) is 0 Å². The van der Waals surface area contributed by atoms with E-state index in [0.717, 1.165) is 17.1 Å². The lowest BCUT2D eigenvalue weighted by Gasteiger charge is -2.00. The standard InChI is InChI=1S/C10H13N4O.ClH/c1-15-9-4-2-8(3-5-9)10-13(11)6-7-14(10)12;/h2-7H,11-12H2,1H3;1H/q+1;/p-1. The van der Waals surface area contributed by atoms with E-state index < -0.39 is 0 Å². The van der Waals surface area contributed by atoms with Crippen LogP contribution in [0.3, 0.4) is 0 Å². The summed E-state index contributed by atoms with van der Waals surface area (Å²) >= 11 is 0. The minimum Gasteiger partial charge on any atom is -1.00 e. The molecule has 0 bridgehead atoms. The summed E-state index contributed by atoms with van der Waals surface area (Å²) < 4.78 is 8.02. The van der Waals surface area contributed by atoms with E-state index in [0.29, 0.717) is 0 Å². The second kappa shape index (κ2) is 4.76. The second-order valence-corrected chi connectivity index (χ2v) is 3.16. The maximum absolute atomic E-state index is 5.73. The lowest BCUT2D eigenvalue weighted by molar-refractivity contribution is -0.626. The number of nitrogen functional groups attached to an aromatic ring is 2. The molecule has 16 heavy (non-hydrogen) atoms. The van der Waals surface area contributed by atoms with Crippen LogP contribution < -0.4 is 33.5 Å². The van der Waals surface area contributed by atoms with E-state index in [4.69, 9.17) is 16.4 Å². The highest BCUT2D eigenvalue weighted by Gasteiger charge is 2.15. The van der Waals surface area contributed by atoms with Crippen molar-refractivity contribution in [3.63, 3.8) is 0 Å². The molecule has 1 aromatic carbocycles. The van der Waals surface area contributed by atoms with E-state index in [2.05, 4.69) is 0 Å². The Morgan fingerprint density at radius 2 is 1.88 bits per heavy atom. The molecule has 4 N–H and O–H groups in total. The molecule has 0 saturated carbocycles. The van der Waals surface area contributed by atoms with Crippen LogP contribution in [0.15, 0.2) is 36.7 Å². The summed E-state index contributed by atoms with van der Waals surface area (Å²) in [6.45, 7) is 0. The molecule has 0 aliphatic heterocycles. The molecule has 0 unspecified atom stereocenters. The molecule has 6 heteroatoms. The molecule has 0 aliphatic carbocycles. The van der Waals surface area contributed by atoms with Crippen LogP contribution in [-0.2, 0) is 0 Å². The Morgan fingerprint density at radius 3 is 2.31 bits per heavy atom. The molecular formula is C10H13ClN4O. The molecule has 1 heterocycles. The van der Waals surface area contributed by atoms with Crippen molar-refractivity contribution in [1.82, 2.24) is 4.68 Å². The topological polar surface area (TPSA) is 70.1 Å². The van der Waals surface area contributed by atoms with Crippen LogP contribution in [0.4, 0.5) is 0 Å². The highest BCUT2D eigenvalue weighted by Crippen LogP contribution is 2.18. The number of benzene rings is 1. The Bertz CT molecular complexity index is 447. The van der Waals surface area contributed by atoms with Gasteiger partial charge in [0, 0.05) is 0 Å². The number of rotatable bonds is 2. The minimum absolute atomic E-state index is 0. The molecular weight excluding hydrogens is 228 g/mol. The fourth-order valence-corrected chi connectivity index (χ4v) is 1.46. The third-order valence-corrected chi connectivity index (χ3v) is 2.23. The molecule has 2 aromatic rings. The van der Waals surface area contributed by atoms with Gasteiger partial charge in [0.05, 0.1) is 12.7 Å². The monoisotopic (exact) mass is 240 g/mol. The SMILES string of the molecule is COc1ccc(-c2n(N)cc[n+]2N)cc1.[Cl-]. The summed E-state index contributed by atoms with van der Waals surface area (Å²) in [6.07, 6.45) is 3.39. The van der Waals surface area contributed by atoms with Crippen LogP contribution >= 0.6 is 0 Å². The first kappa shape index (κ1) is 12.2. The van der Waals surface area contributed by atoms with Gasteiger partial charge in [0.15, 0.2) is 12.4 Å². The van der Waals surface area contributed by atoms with Crippen LogP contribution in [-0.4, -0.2) is 11.8 Å². The Hall–Kier alpha value is -1.88. The summed E-state index contributed by atoms with van der Waals surface area (Å²) in [5, 5.41) is 0. The predicted octanol–water partition coefficient (Wildman–Crippen LogP) is -3.12. The maximum Gasteiger partial charge on any atom is 0.335 e. The minimum atomic E-state index is 0. The summed E-state index contributed by atoms with van der Waals surface area (Å²) in [5.74, 6) is 13.0. The average molecular weight is 241 g/mol. The summed E-state index contributed by atoms with van der Waals surface area (Å²) in [6, 6.07) is 7.53. The molecule has 0 spiro atoms. The number of methoxy groups -OCH3 is 1. The van der Waals surface area contributed by atoms with E-state index in [9.17, 15) is 0 Å². The third-order valence-electron chi connectivity index (χ3n) is 2.23. The largest absolute Gasteiger partial charge is 1.00 e. The van der Waals surface area contributed by atoms with Crippen LogP contribution in [0.25, 0.3) is 11.4 Å². The first-order chi connectivity index (χ1) is 7.22. The van der Waals surface area contributed by atoms with Crippen molar-refractivity contribution in [3.05, 3.63) is 36.7 Å². The van der Waals surface area contributed by atoms with Gasteiger partial charge in [-0.2, -0.15) is 0 Å². The second-order valence-electron chi connectivity index (χ2n) is 3.16. The number of hydrogen-bond donors (Lipinski definition) is 2. The normalized spacial score (nSPS) is 9.56. The Morgan fingerprint density at radius 1 is 1.25 bits per heavy atom. The molecule has 0 aliphatic rings. The number of nitrogens with zero attached hydrogens (tertiary/aromatic N) is 2. The summed E-state index contributed by atoms with van der Waals surface area (Å²) in [4.78, 5) is 0. The van der Waals surface area contributed by atoms with Crippen molar-refractivity contribution in [3.8, 4) is 17.1 Å². The summed E-state index contributed by atoms with van der Waals surface area (Å²) in [7, 11) is 1.63. The number of imidazole rings is 1. The Labute approximate surface area is 99.6 Å². The van der Waals surface area contributed by atoms with Crippen LogP contribution in [0.2, 0.25) is 0 Å². The van der Waals surface area contributed by atoms with Gasteiger partial charge in [-0.25, -0.2) is 0 Å². The first-order valence-electron chi connectivity index (χ1n) is 4.50. The zero-order valence-corrected chi connectivity index (χ0v) is 9.56. The number of nitrogens with two attached hydrogens (primary N) is 2. The van der Waals surface area contributed by atoms with Gasteiger partial charge in [0.25, 0.3) is 0 Å². The molecule has 0 radical (unpaired) electrons. The quantitative estimate of drug-likeness (QED) is 0.431. The number of aromatic nitrogens is 2. The van der Waals surface area contributed by atoms with Crippen LogP contribution in [0, 0.1) is 0 Å². The fraction of sp³-hybridized carbons (Fsp3) is 0.100. The predicted molar refractivity (Wildman–Crippen MR) is 56.9 cm³/mol. The van der Waals surface area contributed by atoms with Crippen molar-refractivity contribution in [1.29, 1.82) is 0 Å². The molecule has 86 valence electrons. The van der Waals surface area contributed by atoms with Crippen LogP contribution in [0.5, 0.6) is 5.75 Å². The highest BCUT2D eigenvalue weighted by atomic mass is 35.5. The molecule has 2 rings (SSSR count). The molecule has 0 saturated heterocycles. The number of hydrogen-bond acceptors (Lipinski definition) is 3. The zero-order valence-electron chi connectivity index (χ0n) is 8.80. The Balaban J connectivity index is 0.00000128. The van der Waals surface area contributed by atoms with E-state index in [1.807, 2.05) is 24.3 Å². The molecule has 5 nitrogen and oxygen atoms in total. The van der Waals surface area contributed by atoms with Crippen molar-refractivity contribution < 1.29 is 21.8 Å². The zero-order chi connectivity index (χ0) is 10.8. The first-order valence-corrected chi connectivity index (χ1v) is 4.50. The molecule has 0 fully saturated rings. The van der Waals surface area contributed by atoms with Gasteiger partial charge < -0.3 is 17.1 Å². The summed E-state index contributed by atoms with van der Waals surface area (Å²) in [5.41, 5.74) is 0.936. The lowest BCUT2D eigenvalue weighted by Crippen LogP contribution is -3.00.